The fourth-order valence-corrected chi connectivity index (χ4v) is 7.66. The smallest absolute Gasteiger partial charge is 0.317 e. The molecule has 0 radical (unpaired) electrons. The highest BCUT2D eigenvalue weighted by Gasteiger charge is 2.50. The maximum Gasteiger partial charge on any atom is 0.317 e. The lowest BCUT2D eigenvalue weighted by molar-refractivity contribution is -0.0596. The molecule has 5 aliphatic carbocycles. The molecule has 2 unspecified atom stereocenters. The van der Waals surface area contributed by atoms with Gasteiger partial charge in [-0.05, 0) is 110 Å². The van der Waals surface area contributed by atoms with Crippen LogP contribution < -0.4 is 5.32 Å². The van der Waals surface area contributed by atoms with E-state index in [9.17, 15) is 4.79 Å². The Morgan fingerprint density at radius 1 is 1.06 bits per heavy atom. The molecule has 4 bridgehead atoms. The zero-order chi connectivity index (χ0) is 21.3. The molecule has 172 valence electrons. The Morgan fingerprint density at radius 2 is 1.74 bits per heavy atom. The summed E-state index contributed by atoms with van der Waals surface area (Å²) in [5.74, 6) is 4.17. The maximum atomic E-state index is 13.1. The Labute approximate surface area is 190 Å². The fourth-order valence-electron chi connectivity index (χ4n) is 7.66. The number of unbranched alkanes of at least 4 members (excludes halogenated alkanes) is 2. The summed E-state index contributed by atoms with van der Waals surface area (Å²) < 4.78 is 0. The van der Waals surface area contributed by atoms with Crippen LogP contribution in [0.4, 0.5) is 4.79 Å². The maximum absolute atomic E-state index is 13.1. The van der Waals surface area contributed by atoms with E-state index in [1.165, 1.54) is 69.8 Å². The van der Waals surface area contributed by atoms with Crippen molar-refractivity contribution in [2.75, 3.05) is 19.6 Å². The standard InChI is InChI=1S/C27H41N3O.H2/c1-2-3-4-10-30(11-7-27-16-20-12-21(17-27)14-22(13-20)18-27)26(31)29-19-24-15-25(24)23-5-8-28-9-6-23;/h5-6,8-9,20-22,24-25H,2-4,7,10-19H2,1H3,(H,29,31);1H. The SMILES string of the molecule is CCCCCN(CCC12CC3CC(CC(C3)C1)C2)C(=O)NCC1CC1c1ccncc1.[HH]. The summed E-state index contributed by atoms with van der Waals surface area (Å²) >= 11 is 0. The first kappa shape index (κ1) is 21.3. The van der Waals surface area contributed by atoms with Gasteiger partial charge in [0.25, 0.3) is 0 Å². The third-order valence-electron chi connectivity index (χ3n) is 8.97. The molecule has 0 aromatic carbocycles. The van der Waals surface area contributed by atoms with Gasteiger partial charge in [-0.2, -0.15) is 0 Å². The van der Waals surface area contributed by atoms with Crippen LogP contribution in [0.1, 0.15) is 90.5 Å². The van der Waals surface area contributed by atoms with Crippen molar-refractivity contribution in [3.63, 3.8) is 0 Å². The second kappa shape index (κ2) is 9.11. The first-order chi connectivity index (χ1) is 15.1. The van der Waals surface area contributed by atoms with Crippen LogP contribution in [-0.2, 0) is 0 Å². The van der Waals surface area contributed by atoms with E-state index >= 15 is 0 Å². The number of hydrogen-bond donors (Lipinski definition) is 1. The van der Waals surface area contributed by atoms with Crippen LogP contribution in [0, 0.1) is 29.1 Å². The number of rotatable bonds is 10. The molecule has 4 heteroatoms. The summed E-state index contributed by atoms with van der Waals surface area (Å²) in [6.07, 6.45) is 18.6. The zero-order valence-electron chi connectivity index (χ0n) is 19.4. The minimum atomic E-state index is 0. The van der Waals surface area contributed by atoms with Crippen molar-refractivity contribution >= 4 is 6.03 Å². The van der Waals surface area contributed by atoms with Gasteiger partial charge in [0.15, 0.2) is 0 Å². The van der Waals surface area contributed by atoms with Gasteiger partial charge in [0.2, 0.25) is 0 Å². The number of pyridine rings is 1. The molecular weight excluding hydrogens is 382 g/mol. The molecule has 0 spiro atoms. The number of nitrogens with zero attached hydrogens (tertiary/aromatic N) is 2. The highest BCUT2D eigenvalue weighted by atomic mass is 16.2. The van der Waals surface area contributed by atoms with Crippen LogP contribution in [-0.4, -0.2) is 35.5 Å². The Hall–Kier alpha value is -1.58. The summed E-state index contributed by atoms with van der Waals surface area (Å²) in [7, 11) is 0. The topological polar surface area (TPSA) is 45.2 Å². The first-order valence-electron chi connectivity index (χ1n) is 13.1. The normalized spacial score (nSPS) is 35.2. The molecule has 1 aromatic heterocycles. The third-order valence-corrected chi connectivity index (χ3v) is 8.97. The molecule has 1 heterocycles. The summed E-state index contributed by atoms with van der Waals surface area (Å²) in [6, 6.07) is 4.42. The van der Waals surface area contributed by atoms with E-state index in [4.69, 9.17) is 0 Å². The van der Waals surface area contributed by atoms with Crippen LogP contribution in [0.15, 0.2) is 24.5 Å². The van der Waals surface area contributed by atoms with Gasteiger partial charge in [0, 0.05) is 33.5 Å². The molecule has 31 heavy (non-hydrogen) atoms. The van der Waals surface area contributed by atoms with Gasteiger partial charge in [0.1, 0.15) is 0 Å². The molecule has 2 amide bonds. The number of nitrogens with one attached hydrogen (secondary N) is 1. The van der Waals surface area contributed by atoms with Gasteiger partial charge in [-0.15, -0.1) is 0 Å². The van der Waals surface area contributed by atoms with E-state index in [1.807, 2.05) is 12.4 Å². The zero-order valence-corrected chi connectivity index (χ0v) is 19.4. The number of carbonyl (C=O) groups is 1. The summed E-state index contributed by atoms with van der Waals surface area (Å²) in [4.78, 5) is 19.4. The first-order valence-corrected chi connectivity index (χ1v) is 13.1. The van der Waals surface area contributed by atoms with Crippen LogP contribution in [0.5, 0.6) is 0 Å². The lowest BCUT2D eigenvalue weighted by Gasteiger charge is -2.57. The van der Waals surface area contributed by atoms with Crippen molar-refractivity contribution < 1.29 is 6.22 Å². The average Bonchev–Trinajstić information content (AvgIpc) is 3.54. The molecule has 1 aromatic rings. The van der Waals surface area contributed by atoms with Crippen LogP contribution in [0.25, 0.3) is 0 Å². The molecule has 6 rings (SSSR count). The van der Waals surface area contributed by atoms with Gasteiger partial charge in [-0.1, -0.05) is 19.8 Å². The number of carbonyl (C=O) groups excluding carboxylic acids is 1. The molecule has 2 atom stereocenters. The summed E-state index contributed by atoms with van der Waals surface area (Å²) in [5.41, 5.74) is 1.93. The Morgan fingerprint density at radius 3 is 2.39 bits per heavy atom. The molecule has 1 N–H and O–H groups in total. The number of urea groups is 1. The van der Waals surface area contributed by atoms with Crippen LogP contribution >= 0.6 is 0 Å². The molecular formula is C27H43N3O. The highest BCUT2D eigenvalue weighted by Crippen LogP contribution is 2.61. The van der Waals surface area contributed by atoms with Crippen molar-refractivity contribution in [1.29, 1.82) is 0 Å². The van der Waals surface area contributed by atoms with Crippen LogP contribution in [0.3, 0.4) is 0 Å². The van der Waals surface area contributed by atoms with Crippen LogP contribution in [0.2, 0.25) is 0 Å². The molecule has 0 saturated heterocycles. The molecule has 0 aliphatic heterocycles. The van der Waals surface area contributed by atoms with Crippen molar-refractivity contribution in [3.05, 3.63) is 30.1 Å². The second-order valence-corrected chi connectivity index (χ2v) is 11.4. The van der Waals surface area contributed by atoms with E-state index < -0.39 is 0 Å². The lowest BCUT2D eigenvalue weighted by atomic mass is 9.49. The van der Waals surface area contributed by atoms with Crippen molar-refractivity contribution in [2.45, 2.75) is 83.5 Å². The third kappa shape index (κ3) is 4.93. The molecule has 5 aliphatic rings. The predicted octanol–water partition coefficient (Wildman–Crippen LogP) is 6.24. The van der Waals surface area contributed by atoms with E-state index in [-0.39, 0.29) is 7.46 Å². The second-order valence-electron chi connectivity index (χ2n) is 11.4. The molecule has 5 fully saturated rings. The monoisotopic (exact) mass is 425 g/mol. The van der Waals surface area contributed by atoms with E-state index in [0.29, 0.717) is 17.3 Å². The Balaban J connectivity index is 0.00000245. The number of amides is 2. The molecule has 4 nitrogen and oxygen atoms in total. The van der Waals surface area contributed by atoms with Crippen molar-refractivity contribution in [1.82, 2.24) is 15.2 Å². The summed E-state index contributed by atoms with van der Waals surface area (Å²) in [6.45, 7) is 4.93. The fraction of sp³-hybridized carbons (Fsp3) is 0.778. The van der Waals surface area contributed by atoms with E-state index in [2.05, 4.69) is 34.3 Å². The van der Waals surface area contributed by atoms with Gasteiger partial charge < -0.3 is 10.2 Å². The van der Waals surface area contributed by atoms with E-state index in [1.54, 1.807) is 0 Å². The Bertz CT molecular complexity index is 719. The number of aromatic nitrogens is 1. The number of hydrogen-bond acceptors (Lipinski definition) is 2. The highest BCUT2D eigenvalue weighted by molar-refractivity contribution is 5.74. The predicted molar refractivity (Wildman–Crippen MR) is 127 cm³/mol. The minimum Gasteiger partial charge on any atom is -0.338 e. The van der Waals surface area contributed by atoms with Gasteiger partial charge >= 0.3 is 6.03 Å². The summed E-state index contributed by atoms with van der Waals surface area (Å²) in [5, 5.41) is 3.30. The average molecular weight is 426 g/mol. The van der Waals surface area contributed by atoms with Gasteiger partial charge in [0.05, 0.1) is 0 Å². The van der Waals surface area contributed by atoms with Crippen molar-refractivity contribution in [2.24, 2.45) is 29.1 Å². The van der Waals surface area contributed by atoms with Gasteiger partial charge in [-0.25, -0.2) is 4.79 Å². The minimum absolute atomic E-state index is 0. The lowest BCUT2D eigenvalue weighted by Crippen LogP contribution is -2.48. The quantitative estimate of drug-likeness (QED) is 0.451. The Kier molecular flexibility index (Phi) is 6.25. The van der Waals surface area contributed by atoms with Gasteiger partial charge in [-0.3, -0.25) is 4.98 Å². The van der Waals surface area contributed by atoms with E-state index in [0.717, 1.165) is 43.8 Å². The largest absolute Gasteiger partial charge is 0.338 e. The molecule has 5 saturated carbocycles. The van der Waals surface area contributed by atoms with Crippen molar-refractivity contribution in [3.8, 4) is 0 Å².